The lowest BCUT2D eigenvalue weighted by atomic mass is 10.0. The number of thioether (sulfide) groups is 1. The number of amides is 4. The Balaban J connectivity index is 1.09. The van der Waals surface area contributed by atoms with Gasteiger partial charge in [-0.1, -0.05) is 50.0 Å². The quantitative estimate of drug-likeness (QED) is 0.114. The Hall–Kier alpha value is -4.53. The van der Waals surface area contributed by atoms with Gasteiger partial charge in [0.05, 0.1) is 36.6 Å². The molecule has 4 atom stereocenters. The van der Waals surface area contributed by atoms with E-state index in [9.17, 15) is 28.0 Å². The van der Waals surface area contributed by atoms with Crippen molar-refractivity contribution in [1.29, 1.82) is 0 Å². The fourth-order valence-electron chi connectivity index (χ4n) is 5.86. The molecule has 3 aromatic rings. The molecular formula is C34H41F2N7O5S. The van der Waals surface area contributed by atoms with Crippen molar-refractivity contribution < 1.29 is 32.7 Å². The molecule has 2 aliphatic rings. The van der Waals surface area contributed by atoms with Crippen molar-refractivity contribution in [2.24, 2.45) is 0 Å². The highest BCUT2D eigenvalue weighted by atomic mass is 32.2. The molecule has 4 amide bonds. The molecule has 0 aliphatic carbocycles. The molecule has 15 heteroatoms. The fourth-order valence-corrected chi connectivity index (χ4v) is 7.41. The van der Waals surface area contributed by atoms with Crippen molar-refractivity contribution in [1.82, 2.24) is 36.3 Å². The number of hydrogen-bond donors (Lipinski definition) is 4. The van der Waals surface area contributed by atoms with E-state index >= 15 is 0 Å². The minimum Gasteiger partial charge on any atom is -0.480 e. The molecule has 262 valence electrons. The molecule has 2 aromatic carbocycles. The lowest BCUT2D eigenvalue weighted by Gasteiger charge is -2.18. The van der Waals surface area contributed by atoms with Crippen LogP contribution in [0.5, 0.6) is 5.75 Å². The van der Waals surface area contributed by atoms with Crippen LogP contribution in [-0.4, -0.2) is 74.4 Å². The summed E-state index contributed by atoms with van der Waals surface area (Å²) in [6, 6.07) is 9.22. The van der Waals surface area contributed by atoms with Gasteiger partial charge in [-0.05, 0) is 49.6 Å². The van der Waals surface area contributed by atoms with Crippen LogP contribution in [0, 0.1) is 11.6 Å². The molecule has 0 saturated carbocycles. The monoisotopic (exact) mass is 697 g/mol. The number of unbranched alkanes of at least 4 members (excludes halogenated alkanes) is 3. The standard InChI is InChI=1S/C34H41F2N7O5S/c1-2-3-4-13-26(28(44)19-48-32-24(35)11-8-12-25(32)36)38-33(46)21-9-7-10-23(16-21)43-18-22(41-42-43)17-37-30(45)15-6-5-14-29-31-27(20-49-29)39-34(47)40-31/h7-12,16,18,26-27,29,31H,2-6,13-15,17,19-20H2,1H3,(H,37,45)(H,38,46)(H2,39,40,47)/t26-,27-,29-,31-/m0/s1. The number of para-hydroxylation sites is 1. The summed E-state index contributed by atoms with van der Waals surface area (Å²) in [6.45, 7) is 1.60. The van der Waals surface area contributed by atoms with Crippen LogP contribution in [0.2, 0.25) is 0 Å². The minimum atomic E-state index is -0.918. The number of Topliss-reactive ketones (excluding diaryl/α,β-unsaturated/α-hetero) is 1. The summed E-state index contributed by atoms with van der Waals surface area (Å²) in [5, 5.41) is 20.2. The van der Waals surface area contributed by atoms with Crippen LogP contribution < -0.4 is 26.0 Å². The summed E-state index contributed by atoms with van der Waals surface area (Å²) in [4.78, 5) is 50.3. The molecule has 0 unspecified atom stereocenters. The van der Waals surface area contributed by atoms with E-state index in [1.807, 2.05) is 18.7 Å². The van der Waals surface area contributed by atoms with Crippen molar-refractivity contribution in [3.05, 3.63) is 71.6 Å². The first kappa shape index (κ1) is 35.8. The maximum atomic E-state index is 14.0. The van der Waals surface area contributed by atoms with Gasteiger partial charge in [-0.25, -0.2) is 18.3 Å². The van der Waals surface area contributed by atoms with Gasteiger partial charge in [-0.15, -0.1) is 5.10 Å². The first-order chi connectivity index (χ1) is 23.7. The molecule has 2 saturated heterocycles. The number of rotatable bonds is 18. The van der Waals surface area contributed by atoms with E-state index in [0.717, 1.165) is 50.0 Å². The number of ketones is 1. The lowest BCUT2D eigenvalue weighted by Crippen LogP contribution is -2.43. The van der Waals surface area contributed by atoms with Gasteiger partial charge in [0.25, 0.3) is 5.91 Å². The Labute approximate surface area is 287 Å². The number of urea groups is 1. The van der Waals surface area contributed by atoms with Crippen LogP contribution in [0.3, 0.4) is 0 Å². The third kappa shape index (κ3) is 9.77. The molecule has 3 heterocycles. The molecule has 0 radical (unpaired) electrons. The summed E-state index contributed by atoms with van der Waals surface area (Å²) >= 11 is 1.86. The minimum absolute atomic E-state index is 0.0894. The van der Waals surface area contributed by atoms with E-state index in [1.165, 1.54) is 10.7 Å². The summed E-state index contributed by atoms with van der Waals surface area (Å²) in [6.07, 6.45) is 7.36. The second kappa shape index (κ2) is 17.2. The smallest absolute Gasteiger partial charge is 0.315 e. The number of benzene rings is 2. The van der Waals surface area contributed by atoms with E-state index in [1.54, 1.807) is 30.5 Å². The van der Waals surface area contributed by atoms with Gasteiger partial charge in [-0.3, -0.25) is 14.4 Å². The first-order valence-corrected chi connectivity index (χ1v) is 17.6. The second-order valence-electron chi connectivity index (χ2n) is 12.2. The maximum absolute atomic E-state index is 14.0. The number of carbonyl (C=O) groups excluding carboxylic acids is 4. The molecule has 1 aromatic heterocycles. The highest BCUT2D eigenvalue weighted by Gasteiger charge is 2.42. The number of nitrogens with one attached hydrogen (secondary N) is 4. The SMILES string of the molecule is CCCCC[C@H](NC(=O)c1cccc(-n2cc(CNC(=O)CCCC[C@@H]3SC[C@@H]4NC(=O)N[C@@H]43)nn2)c1)C(=O)COc1c(F)cccc1F. The van der Waals surface area contributed by atoms with E-state index < -0.39 is 41.7 Å². The average Bonchev–Trinajstić information content (AvgIpc) is 3.81. The molecule has 5 rings (SSSR count). The normalized spacial score (nSPS) is 18.7. The zero-order valence-corrected chi connectivity index (χ0v) is 28.1. The Morgan fingerprint density at radius 2 is 1.88 bits per heavy atom. The summed E-state index contributed by atoms with van der Waals surface area (Å²) < 4.78 is 34.6. The molecule has 49 heavy (non-hydrogen) atoms. The van der Waals surface area contributed by atoms with Crippen molar-refractivity contribution >= 4 is 35.4 Å². The topological polar surface area (TPSA) is 156 Å². The van der Waals surface area contributed by atoms with Crippen LogP contribution in [0.15, 0.2) is 48.7 Å². The van der Waals surface area contributed by atoms with Gasteiger partial charge in [-0.2, -0.15) is 11.8 Å². The van der Waals surface area contributed by atoms with E-state index in [2.05, 4.69) is 31.6 Å². The third-order valence-corrected chi connectivity index (χ3v) is 10.0. The van der Waals surface area contributed by atoms with Gasteiger partial charge in [0.15, 0.2) is 23.2 Å². The summed E-state index contributed by atoms with van der Waals surface area (Å²) in [5.41, 5.74) is 1.36. The van der Waals surface area contributed by atoms with Crippen LogP contribution in [-0.2, 0) is 16.1 Å². The Morgan fingerprint density at radius 3 is 2.67 bits per heavy atom. The molecule has 0 bridgehead atoms. The Morgan fingerprint density at radius 1 is 1.08 bits per heavy atom. The number of ether oxygens (including phenoxy) is 1. The average molecular weight is 698 g/mol. The molecular weight excluding hydrogens is 656 g/mol. The third-order valence-electron chi connectivity index (χ3n) is 8.53. The van der Waals surface area contributed by atoms with Gasteiger partial charge in [0.2, 0.25) is 5.91 Å². The van der Waals surface area contributed by atoms with Gasteiger partial charge < -0.3 is 26.0 Å². The van der Waals surface area contributed by atoms with Gasteiger partial charge in [0, 0.05) is 23.0 Å². The molecule has 2 aliphatic heterocycles. The van der Waals surface area contributed by atoms with E-state index in [-0.39, 0.29) is 36.1 Å². The summed E-state index contributed by atoms with van der Waals surface area (Å²) in [5.74, 6) is -2.66. The van der Waals surface area contributed by atoms with Crippen LogP contribution in [0.1, 0.15) is 74.3 Å². The van der Waals surface area contributed by atoms with Gasteiger partial charge >= 0.3 is 6.03 Å². The number of nitrogens with zero attached hydrogens (tertiary/aromatic N) is 3. The van der Waals surface area contributed by atoms with E-state index in [0.29, 0.717) is 35.9 Å². The van der Waals surface area contributed by atoms with Crippen molar-refractivity contribution in [3.8, 4) is 11.4 Å². The number of hydrogen-bond acceptors (Lipinski definition) is 8. The number of carbonyl (C=O) groups is 4. The molecule has 12 nitrogen and oxygen atoms in total. The predicted molar refractivity (Wildman–Crippen MR) is 179 cm³/mol. The predicted octanol–water partition coefficient (Wildman–Crippen LogP) is 4.21. The molecule has 4 N–H and O–H groups in total. The van der Waals surface area contributed by atoms with Crippen LogP contribution in [0.4, 0.5) is 13.6 Å². The van der Waals surface area contributed by atoms with Gasteiger partial charge in [0.1, 0.15) is 12.3 Å². The zero-order chi connectivity index (χ0) is 34.8. The zero-order valence-electron chi connectivity index (χ0n) is 27.3. The summed E-state index contributed by atoms with van der Waals surface area (Å²) in [7, 11) is 0. The van der Waals surface area contributed by atoms with Crippen LogP contribution >= 0.6 is 11.8 Å². The molecule has 2 fully saturated rings. The van der Waals surface area contributed by atoms with Crippen molar-refractivity contribution in [3.63, 3.8) is 0 Å². The van der Waals surface area contributed by atoms with Crippen LogP contribution in [0.25, 0.3) is 5.69 Å². The largest absolute Gasteiger partial charge is 0.480 e. The van der Waals surface area contributed by atoms with Crippen molar-refractivity contribution in [2.75, 3.05) is 12.4 Å². The first-order valence-electron chi connectivity index (χ1n) is 16.6. The lowest BCUT2D eigenvalue weighted by molar-refractivity contribution is -0.123. The van der Waals surface area contributed by atoms with Crippen molar-refractivity contribution in [2.45, 2.75) is 88.2 Å². The highest BCUT2D eigenvalue weighted by molar-refractivity contribution is 8.00. The second-order valence-corrected chi connectivity index (χ2v) is 13.4. The number of halogens is 2. The Kier molecular flexibility index (Phi) is 12.6. The number of aromatic nitrogens is 3. The maximum Gasteiger partial charge on any atom is 0.315 e. The fraction of sp³-hybridized carbons (Fsp3) is 0.471. The Bertz CT molecular complexity index is 1620. The number of fused-ring (bicyclic) bond motifs is 1. The highest BCUT2D eigenvalue weighted by Crippen LogP contribution is 2.33. The van der Waals surface area contributed by atoms with E-state index in [4.69, 9.17) is 4.74 Å². The molecule has 0 spiro atoms.